The van der Waals surface area contributed by atoms with Gasteiger partial charge in [0.1, 0.15) is 6.42 Å². The predicted octanol–water partition coefficient (Wildman–Crippen LogP) is 5.70. The van der Waals surface area contributed by atoms with E-state index in [4.69, 9.17) is 23.2 Å². The number of hydrogen-bond donors (Lipinski definition) is 2. The van der Waals surface area contributed by atoms with Crippen LogP contribution < -0.4 is 0 Å². The number of aromatic hydroxyl groups is 2. The molecule has 2 aromatic heterocycles. The largest absolute Gasteiger partial charge is 0.493 e. The smallest absolute Gasteiger partial charge is 0.274 e. The van der Waals surface area contributed by atoms with Gasteiger partial charge in [-0.2, -0.15) is 0 Å². The van der Waals surface area contributed by atoms with Crippen molar-refractivity contribution in [1.29, 1.82) is 0 Å². The van der Waals surface area contributed by atoms with Crippen molar-refractivity contribution in [3.63, 3.8) is 0 Å². The number of benzene rings is 2. The molecule has 0 atom stereocenters. The molecule has 2 aromatic carbocycles. The highest BCUT2D eigenvalue weighted by Crippen LogP contribution is 2.40. The molecule has 0 aliphatic rings. The van der Waals surface area contributed by atoms with E-state index in [1.165, 1.54) is 9.13 Å². The van der Waals surface area contributed by atoms with Gasteiger partial charge in [0.05, 0.1) is 11.0 Å². The summed E-state index contributed by atoms with van der Waals surface area (Å²) in [4.78, 5) is 24.2. The number of halogens is 2. The van der Waals surface area contributed by atoms with Crippen LogP contribution in [0.25, 0.3) is 21.8 Å². The Bertz CT molecular complexity index is 1390. The number of hydrogen-bond acceptors (Lipinski definition) is 6. The van der Waals surface area contributed by atoms with Crippen LogP contribution in [0.1, 0.15) is 6.42 Å². The normalized spacial score (nSPS) is 12.0. The standard InChI is InChI=1S/C21H16Cl2N6O4/c1-28-14-5-3-10(22)7-12(14)18(20(28)32)26-24-16(30)9-17(31)25-27-19-13-8-11(23)4-6-15(13)29(2)21(19)33/h3-8,32-33H,9H2,1-2H3. The molecule has 4 rings (SSSR count). The number of carbonyl (C=O) groups is 2. The Kier molecular flexibility index (Phi) is 5.88. The van der Waals surface area contributed by atoms with E-state index in [1.807, 2.05) is 0 Å². The second-order valence-electron chi connectivity index (χ2n) is 7.15. The molecule has 2 N–H and O–H groups in total. The molecule has 0 radical (unpaired) electrons. The van der Waals surface area contributed by atoms with Gasteiger partial charge in [-0.15, -0.1) is 20.5 Å². The van der Waals surface area contributed by atoms with Gasteiger partial charge in [-0.3, -0.25) is 9.59 Å². The molecule has 0 fully saturated rings. The van der Waals surface area contributed by atoms with Crippen molar-refractivity contribution in [2.75, 3.05) is 0 Å². The number of aromatic nitrogens is 2. The van der Waals surface area contributed by atoms with Gasteiger partial charge in [-0.25, -0.2) is 0 Å². The summed E-state index contributed by atoms with van der Waals surface area (Å²) in [6.45, 7) is 0. The molecule has 0 aliphatic heterocycles. The van der Waals surface area contributed by atoms with Crippen LogP contribution in [-0.2, 0) is 23.7 Å². The fourth-order valence-corrected chi connectivity index (χ4v) is 3.72. The van der Waals surface area contributed by atoms with Gasteiger partial charge in [-0.05, 0) is 36.4 Å². The highest BCUT2D eigenvalue weighted by atomic mass is 35.5. The van der Waals surface area contributed by atoms with E-state index in [2.05, 4.69) is 20.5 Å². The minimum Gasteiger partial charge on any atom is -0.493 e. The van der Waals surface area contributed by atoms with E-state index >= 15 is 0 Å². The predicted molar refractivity (Wildman–Crippen MR) is 123 cm³/mol. The van der Waals surface area contributed by atoms with Crippen LogP contribution in [0, 0.1) is 0 Å². The molecule has 0 unspecified atom stereocenters. The monoisotopic (exact) mass is 486 g/mol. The molecule has 168 valence electrons. The summed E-state index contributed by atoms with van der Waals surface area (Å²) >= 11 is 12.0. The summed E-state index contributed by atoms with van der Waals surface area (Å²) in [5.74, 6) is -2.19. The van der Waals surface area contributed by atoms with Gasteiger partial charge in [0, 0.05) is 34.9 Å². The maximum atomic E-state index is 12.1. The maximum absolute atomic E-state index is 12.1. The van der Waals surface area contributed by atoms with Crippen molar-refractivity contribution < 1.29 is 19.8 Å². The topological polar surface area (TPSA) is 134 Å². The van der Waals surface area contributed by atoms with Crippen LogP contribution in [0.2, 0.25) is 10.0 Å². The summed E-state index contributed by atoms with van der Waals surface area (Å²) in [5.41, 5.74) is 1.38. The third-order valence-corrected chi connectivity index (χ3v) is 5.50. The summed E-state index contributed by atoms with van der Waals surface area (Å²) in [6, 6.07) is 9.85. The zero-order valence-corrected chi connectivity index (χ0v) is 18.8. The van der Waals surface area contributed by atoms with Crippen molar-refractivity contribution in [1.82, 2.24) is 9.13 Å². The summed E-state index contributed by atoms with van der Waals surface area (Å²) in [5, 5.41) is 37.0. The van der Waals surface area contributed by atoms with Crippen LogP contribution in [-0.4, -0.2) is 31.2 Å². The first-order valence-electron chi connectivity index (χ1n) is 9.50. The summed E-state index contributed by atoms with van der Waals surface area (Å²) in [7, 11) is 3.23. The lowest BCUT2D eigenvalue weighted by Gasteiger charge is -1.95. The highest BCUT2D eigenvalue weighted by molar-refractivity contribution is 6.32. The molecular formula is C21H16Cl2N6O4. The molecule has 0 spiro atoms. The van der Waals surface area contributed by atoms with Gasteiger partial charge in [0.15, 0.2) is 11.4 Å². The van der Waals surface area contributed by atoms with Crippen LogP contribution in [0.5, 0.6) is 11.8 Å². The third kappa shape index (κ3) is 4.18. The van der Waals surface area contributed by atoms with E-state index in [0.29, 0.717) is 31.9 Å². The Morgan fingerprint density at radius 3 is 1.58 bits per heavy atom. The molecule has 0 bridgehead atoms. The second-order valence-corrected chi connectivity index (χ2v) is 8.02. The quantitative estimate of drug-likeness (QED) is 0.282. The lowest BCUT2D eigenvalue weighted by atomic mass is 10.2. The molecule has 12 heteroatoms. The van der Waals surface area contributed by atoms with Crippen molar-refractivity contribution in [2.45, 2.75) is 6.42 Å². The van der Waals surface area contributed by atoms with E-state index in [-0.39, 0.29) is 23.1 Å². The molecule has 0 saturated heterocycles. The number of carbonyl (C=O) groups excluding carboxylic acids is 2. The fourth-order valence-electron chi connectivity index (χ4n) is 3.38. The third-order valence-electron chi connectivity index (χ3n) is 5.03. The molecule has 0 aliphatic carbocycles. The SMILES string of the molecule is Cn1c(O)c(N=NC(=O)CC(=O)N=Nc2c(O)n(C)c3ccc(Cl)cc23)c2cc(Cl)ccc21. The lowest BCUT2D eigenvalue weighted by molar-refractivity contribution is -0.126. The number of nitrogens with zero attached hydrogens (tertiary/aromatic N) is 6. The van der Waals surface area contributed by atoms with Crippen LogP contribution >= 0.6 is 23.2 Å². The summed E-state index contributed by atoms with van der Waals surface area (Å²) in [6.07, 6.45) is -0.703. The summed E-state index contributed by atoms with van der Waals surface area (Å²) < 4.78 is 2.93. The Labute approximate surface area is 196 Å². The molecule has 2 heterocycles. The Balaban J connectivity index is 1.52. The minimum atomic E-state index is -0.887. The zero-order valence-electron chi connectivity index (χ0n) is 17.3. The van der Waals surface area contributed by atoms with Crippen molar-refractivity contribution >= 4 is 68.2 Å². The van der Waals surface area contributed by atoms with Crippen molar-refractivity contribution in [3.05, 3.63) is 46.4 Å². The van der Waals surface area contributed by atoms with Crippen LogP contribution in [0.3, 0.4) is 0 Å². The van der Waals surface area contributed by atoms with Crippen LogP contribution in [0.15, 0.2) is 56.9 Å². The second kappa shape index (κ2) is 8.64. The Morgan fingerprint density at radius 2 is 1.18 bits per heavy atom. The molecular weight excluding hydrogens is 471 g/mol. The fraction of sp³-hybridized carbons (Fsp3) is 0.143. The number of azo groups is 2. The van der Waals surface area contributed by atoms with Gasteiger partial charge in [-0.1, -0.05) is 23.2 Å². The molecule has 0 saturated carbocycles. The lowest BCUT2D eigenvalue weighted by Crippen LogP contribution is -2.01. The highest BCUT2D eigenvalue weighted by Gasteiger charge is 2.17. The minimum absolute atomic E-state index is 0.0509. The maximum Gasteiger partial charge on any atom is 0.274 e. The van der Waals surface area contributed by atoms with Gasteiger partial charge in [0.2, 0.25) is 11.8 Å². The van der Waals surface area contributed by atoms with E-state index in [0.717, 1.165) is 0 Å². The average Bonchev–Trinajstić information content (AvgIpc) is 3.14. The Hall–Kier alpha value is -3.76. The molecule has 10 nitrogen and oxygen atoms in total. The first-order valence-corrected chi connectivity index (χ1v) is 10.3. The van der Waals surface area contributed by atoms with Gasteiger partial charge in [0.25, 0.3) is 11.8 Å². The first-order chi connectivity index (χ1) is 15.7. The number of rotatable bonds is 4. The molecule has 2 amide bonds. The average molecular weight is 487 g/mol. The first kappa shape index (κ1) is 22.4. The van der Waals surface area contributed by atoms with Crippen molar-refractivity contribution in [2.24, 2.45) is 34.6 Å². The van der Waals surface area contributed by atoms with Crippen molar-refractivity contribution in [3.8, 4) is 11.8 Å². The number of aryl methyl sites for hydroxylation is 2. The van der Waals surface area contributed by atoms with Gasteiger partial charge < -0.3 is 19.3 Å². The zero-order chi connectivity index (χ0) is 23.9. The number of amides is 2. The number of fused-ring (bicyclic) bond motifs is 2. The Morgan fingerprint density at radius 1 is 0.788 bits per heavy atom. The molecule has 4 aromatic rings. The van der Waals surface area contributed by atoms with Gasteiger partial charge >= 0.3 is 0 Å². The van der Waals surface area contributed by atoms with Crippen LogP contribution in [0.4, 0.5) is 11.4 Å². The van der Waals surface area contributed by atoms with E-state index < -0.39 is 18.2 Å². The van der Waals surface area contributed by atoms with E-state index in [9.17, 15) is 19.8 Å². The van der Waals surface area contributed by atoms with E-state index in [1.54, 1.807) is 50.5 Å². The molecule has 33 heavy (non-hydrogen) atoms.